The zero-order valence-corrected chi connectivity index (χ0v) is 11.6. The van der Waals surface area contributed by atoms with Crippen molar-refractivity contribution in [2.24, 2.45) is 0 Å². The van der Waals surface area contributed by atoms with E-state index in [4.69, 9.17) is 0 Å². The molecule has 19 heavy (non-hydrogen) atoms. The van der Waals surface area contributed by atoms with Crippen LogP contribution in [0.2, 0.25) is 0 Å². The van der Waals surface area contributed by atoms with Crippen LogP contribution in [-0.4, -0.2) is 38.8 Å². The largest absolute Gasteiger partial charge is 0.478 e. The smallest absolute Gasteiger partial charge is 0.337 e. The molecule has 104 valence electrons. The van der Waals surface area contributed by atoms with E-state index in [9.17, 15) is 18.3 Å². The van der Waals surface area contributed by atoms with Crippen molar-refractivity contribution in [2.45, 2.75) is 24.2 Å². The average Bonchev–Trinajstić information content (AvgIpc) is 2.38. The fourth-order valence-corrected chi connectivity index (χ4v) is 2.96. The molecular weight excluding hydrogens is 266 g/mol. The van der Waals surface area contributed by atoms with E-state index < -0.39 is 15.8 Å². The molecule has 0 unspecified atom stereocenters. The number of sulfone groups is 1. The van der Waals surface area contributed by atoms with Crippen molar-refractivity contribution < 1.29 is 18.3 Å². The number of carboxylic acid groups (broad SMARTS) is 1. The van der Waals surface area contributed by atoms with Crippen molar-refractivity contribution in [2.75, 3.05) is 24.2 Å². The quantitative estimate of drug-likeness (QED) is 0.915. The molecule has 5 nitrogen and oxygen atoms in total. The lowest BCUT2D eigenvalue weighted by Gasteiger charge is -2.30. The molecule has 0 aromatic heterocycles. The first-order valence-electron chi connectivity index (χ1n) is 6.22. The highest BCUT2D eigenvalue weighted by molar-refractivity contribution is 7.90. The molecule has 1 fully saturated rings. The van der Waals surface area contributed by atoms with Gasteiger partial charge in [0.25, 0.3) is 0 Å². The number of carbonyl (C=O) groups is 1. The Labute approximate surface area is 112 Å². The van der Waals surface area contributed by atoms with Gasteiger partial charge in [0.05, 0.1) is 16.1 Å². The summed E-state index contributed by atoms with van der Waals surface area (Å²) in [5.74, 6) is -1.03. The van der Waals surface area contributed by atoms with E-state index >= 15 is 0 Å². The number of hydrogen-bond donors (Lipinski definition) is 1. The Hall–Kier alpha value is -1.56. The van der Waals surface area contributed by atoms with Gasteiger partial charge in [-0.3, -0.25) is 0 Å². The van der Waals surface area contributed by atoms with Crippen LogP contribution in [0.15, 0.2) is 23.1 Å². The van der Waals surface area contributed by atoms with Gasteiger partial charge in [-0.05, 0) is 37.5 Å². The molecule has 1 heterocycles. The fraction of sp³-hybridized carbons (Fsp3) is 0.462. The van der Waals surface area contributed by atoms with E-state index in [0.717, 1.165) is 38.6 Å². The normalized spacial score (nSPS) is 16.4. The zero-order chi connectivity index (χ0) is 14.0. The molecule has 1 aliphatic rings. The van der Waals surface area contributed by atoms with Gasteiger partial charge >= 0.3 is 5.97 Å². The van der Waals surface area contributed by atoms with Crippen LogP contribution in [0.1, 0.15) is 29.6 Å². The number of hydrogen-bond acceptors (Lipinski definition) is 4. The summed E-state index contributed by atoms with van der Waals surface area (Å²) >= 11 is 0. The summed E-state index contributed by atoms with van der Waals surface area (Å²) in [5, 5.41) is 9.21. The number of rotatable bonds is 3. The average molecular weight is 283 g/mol. The lowest BCUT2D eigenvalue weighted by Crippen LogP contribution is -2.31. The molecule has 0 aliphatic carbocycles. The second-order valence-corrected chi connectivity index (χ2v) is 6.82. The molecule has 0 atom stereocenters. The topological polar surface area (TPSA) is 74.7 Å². The Morgan fingerprint density at radius 2 is 1.84 bits per heavy atom. The molecule has 0 amide bonds. The highest BCUT2D eigenvalue weighted by Gasteiger charge is 2.20. The summed E-state index contributed by atoms with van der Waals surface area (Å²) < 4.78 is 23.2. The highest BCUT2D eigenvalue weighted by Crippen LogP contribution is 2.27. The summed E-state index contributed by atoms with van der Waals surface area (Å²) in [6.45, 7) is 1.54. The monoisotopic (exact) mass is 283 g/mol. The van der Waals surface area contributed by atoms with Gasteiger partial charge < -0.3 is 10.0 Å². The van der Waals surface area contributed by atoms with Crippen LogP contribution in [0, 0.1) is 0 Å². The van der Waals surface area contributed by atoms with Crippen molar-refractivity contribution in [3.05, 3.63) is 23.8 Å². The van der Waals surface area contributed by atoms with Gasteiger partial charge in [-0.1, -0.05) is 0 Å². The summed E-state index contributed by atoms with van der Waals surface area (Å²) in [4.78, 5) is 13.4. The molecule has 1 aliphatic heterocycles. The minimum Gasteiger partial charge on any atom is -0.478 e. The predicted octanol–water partition coefficient (Wildman–Crippen LogP) is 1.78. The highest BCUT2D eigenvalue weighted by atomic mass is 32.2. The summed E-state index contributed by atoms with van der Waals surface area (Å²) in [5.41, 5.74) is 0.671. The maximum atomic E-state index is 11.6. The maximum absolute atomic E-state index is 11.6. The van der Waals surface area contributed by atoms with E-state index in [1.54, 1.807) is 0 Å². The maximum Gasteiger partial charge on any atom is 0.337 e. The van der Waals surface area contributed by atoms with Crippen molar-refractivity contribution in [3.8, 4) is 0 Å². The van der Waals surface area contributed by atoms with E-state index in [1.807, 2.05) is 4.90 Å². The zero-order valence-electron chi connectivity index (χ0n) is 10.8. The van der Waals surface area contributed by atoms with Gasteiger partial charge in [-0.15, -0.1) is 0 Å². The summed E-state index contributed by atoms with van der Waals surface area (Å²) in [6, 6.07) is 4.21. The first kappa shape index (κ1) is 13.9. The Bertz CT molecular complexity index is 589. The van der Waals surface area contributed by atoms with Crippen LogP contribution in [-0.2, 0) is 9.84 Å². The van der Waals surface area contributed by atoms with Crippen LogP contribution < -0.4 is 4.90 Å². The molecule has 0 spiro atoms. The Balaban J connectivity index is 2.50. The minimum absolute atomic E-state index is 0.161. The van der Waals surface area contributed by atoms with Gasteiger partial charge in [0.1, 0.15) is 0 Å². The van der Waals surface area contributed by atoms with E-state index in [1.165, 1.54) is 18.2 Å². The minimum atomic E-state index is -3.33. The van der Waals surface area contributed by atoms with E-state index in [-0.39, 0.29) is 10.5 Å². The number of benzene rings is 1. The van der Waals surface area contributed by atoms with Crippen molar-refractivity contribution in [1.82, 2.24) is 0 Å². The number of nitrogens with zero attached hydrogens (tertiary/aromatic N) is 1. The predicted molar refractivity (Wildman–Crippen MR) is 72.6 cm³/mol. The Morgan fingerprint density at radius 3 is 2.37 bits per heavy atom. The second kappa shape index (κ2) is 5.21. The molecule has 2 rings (SSSR count). The Kier molecular flexibility index (Phi) is 3.80. The lowest BCUT2D eigenvalue weighted by atomic mass is 10.1. The van der Waals surface area contributed by atoms with E-state index in [0.29, 0.717) is 5.69 Å². The first-order valence-corrected chi connectivity index (χ1v) is 8.11. The third kappa shape index (κ3) is 3.07. The summed E-state index contributed by atoms with van der Waals surface area (Å²) in [7, 11) is -3.33. The second-order valence-electron chi connectivity index (χ2n) is 4.80. The third-order valence-electron chi connectivity index (χ3n) is 3.32. The molecule has 1 aromatic rings. The number of anilines is 1. The van der Waals surface area contributed by atoms with Crippen LogP contribution in [0.25, 0.3) is 0 Å². The lowest BCUT2D eigenvalue weighted by molar-refractivity contribution is 0.0697. The molecular formula is C13H17NO4S. The number of piperidine rings is 1. The standard InChI is InChI=1S/C13H17NO4S/c1-19(17,18)10-5-6-11(13(15)16)12(9-10)14-7-3-2-4-8-14/h5-6,9H,2-4,7-8H2,1H3,(H,15,16). The van der Waals surface area contributed by atoms with Crippen molar-refractivity contribution >= 4 is 21.5 Å². The third-order valence-corrected chi connectivity index (χ3v) is 4.43. The summed E-state index contributed by atoms with van der Waals surface area (Å²) in [6.07, 6.45) is 4.26. The van der Waals surface area contributed by atoms with Crippen LogP contribution in [0.3, 0.4) is 0 Å². The Morgan fingerprint density at radius 1 is 1.21 bits per heavy atom. The molecule has 1 N–H and O–H groups in total. The molecule has 0 bridgehead atoms. The van der Waals surface area contributed by atoms with Gasteiger partial charge in [-0.2, -0.15) is 0 Å². The van der Waals surface area contributed by atoms with Crippen LogP contribution >= 0.6 is 0 Å². The van der Waals surface area contributed by atoms with Crippen molar-refractivity contribution in [3.63, 3.8) is 0 Å². The van der Waals surface area contributed by atoms with Crippen LogP contribution in [0.5, 0.6) is 0 Å². The van der Waals surface area contributed by atoms with Crippen molar-refractivity contribution in [1.29, 1.82) is 0 Å². The van der Waals surface area contributed by atoms with Gasteiger partial charge in [0, 0.05) is 19.3 Å². The fourth-order valence-electron chi connectivity index (χ4n) is 2.32. The molecule has 0 radical (unpaired) electrons. The van der Waals surface area contributed by atoms with Crippen LogP contribution in [0.4, 0.5) is 5.69 Å². The number of carboxylic acids is 1. The molecule has 6 heteroatoms. The molecule has 0 saturated carbocycles. The molecule has 1 saturated heterocycles. The first-order chi connectivity index (χ1) is 8.89. The van der Waals surface area contributed by atoms with Gasteiger partial charge in [-0.25, -0.2) is 13.2 Å². The van der Waals surface area contributed by atoms with E-state index in [2.05, 4.69) is 0 Å². The van der Waals surface area contributed by atoms with Gasteiger partial charge in [0.2, 0.25) is 0 Å². The molecule has 1 aromatic carbocycles. The van der Waals surface area contributed by atoms with Gasteiger partial charge in [0.15, 0.2) is 9.84 Å². The SMILES string of the molecule is CS(=O)(=O)c1ccc(C(=O)O)c(N2CCCCC2)c1. The number of aromatic carboxylic acids is 1.